The van der Waals surface area contributed by atoms with Crippen molar-refractivity contribution >= 4 is 17.5 Å². The molecule has 0 saturated heterocycles. The number of carbonyl (C=O) groups is 1. The molecule has 0 spiro atoms. The predicted molar refractivity (Wildman–Crippen MR) is 102 cm³/mol. The van der Waals surface area contributed by atoms with Crippen LogP contribution >= 0.6 is 0 Å². The topological polar surface area (TPSA) is 103 Å². The molecule has 3 heterocycles. The Labute approximate surface area is 155 Å². The van der Waals surface area contributed by atoms with Crippen molar-refractivity contribution in [3.05, 3.63) is 38.7 Å². The summed E-state index contributed by atoms with van der Waals surface area (Å²) in [6.45, 7) is 6.43. The number of aldehydes is 1. The number of rotatable bonds is 8. The van der Waals surface area contributed by atoms with Gasteiger partial charge in [0.05, 0.1) is 0 Å². The quantitative estimate of drug-likeness (QED) is 0.612. The van der Waals surface area contributed by atoms with Crippen molar-refractivity contribution in [2.45, 2.75) is 59.0 Å². The number of carbonyl (C=O) groups excluding carboxylic acids is 1. The van der Waals surface area contributed by atoms with E-state index in [4.69, 9.17) is 4.42 Å². The lowest BCUT2D eigenvalue weighted by atomic mass is 10.1. The Kier molecular flexibility index (Phi) is 5.43. The highest BCUT2D eigenvalue weighted by Gasteiger charge is 2.22. The van der Waals surface area contributed by atoms with Gasteiger partial charge in [-0.2, -0.15) is 0 Å². The maximum absolute atomic E-state index is 13.1. The number of furan rings is 1. The zero-order valence-electron chi connectivity index (χ0n) is 15.8. The van der Waals surface area contributed by atoms with Gasteiger partial charge in [-0.1, -0.05) is 27.2 Å². The molecular formula is C19H24N4O4. The summed E-state index contributed by atoms with van der Waals surface area (Å²) in [5.74, 6) is 0.832. The summed E-state index contributed by atoms with van der Waals surface area (Å²) in [7, 11) is 0. The van der Waals surface area contributed by atoms with Gasteiger partial charge >= 0.3 is 5.69 Å². The summed E-state index contributed by atoms with van der Waals surface area (Å²) in [5.41, 5.74) is -0.116. The van der Waals surface area contributed by atoms with Crippen LogP contribution in [0.15, 0.2) is 26.1 Å². The van der Waals surface area contributed by atoms with E-state index in [1.165, 1.54) is 10.6 Å². The van der Waals surface area contributed by atoms with Crippen molar-refractivity contribution < 1.29 is 9.21 Å². The van der Waals surface area contributed by atoms with Crippen molar-refractivity contribution in [1.82, 2.24) is 19.1 Å². The van der Waals surface area contributed by atoms with Crippen LogP contribution in [0.2, 0.25) is 0 Å². The lowest BCUT2D eigenvalue weighted by Crippen LogP contribution is -2.42. The molecule has 0 aromatic carbocycles. The third kappa shape index (κ3) is 3.27. The van der Waals surface area contributed by atoms with Gasteiger partial charge in [-0.15, -0.1) is 0 Å². The molecule has 3 aromatic heterocycles. The van der Waals surface area contributed by atoms with Crippen LogP contribution in [0.5, 0.6) is 0 Å². The first-order valence-electron chi connectivity index (χ1n) is 9.36. The fourth-order valence-corrected chi connectivity index (χ4v) is 3.39. The van der Waals surface area contributed by atoms with E-state index < -0.39 is 0 Å². The molecule has 3 aromatic rings. The summed E-state index contributed by atoms with van der Waals surface area (Å²) in [5, 5.41) is 0. The van der Waals surface area contributed by atoms with Crippen LogP contribution in [0.1, 0.15) is 63.1 Å². The van der Waals surface area contributed by atoms with Crippen LogP contribution in [0.4, 0.5) is 0 Å². The van der Waals surface area contributed by atoms with Gasteiger partial charge in [0.25, 0.3) is 5.56 Å². The Morgan fingerprint density at radius 2 is 2.00 bits per heavy atom. The smallest absolute Gasteiger partial charge is 0.332 e. The third-order valence-electron chi connectivity index (χ3n) is 4.69. The van der Waals surface area contributed by atoms with Crippen LogP contribution in [0, 0.1) is 0 Å². The highest BCUT2D eigenvalue weighted by Crippen LogP contribution is 2.21. The number of aryl methyl sites for hydroxylation is 1. The Balaban J connectivity index is 2.29. The van der Waals surface area contributed by atoms with E-state index in [1.807, 2.05) is 20.8 Å². The molecule has 0 fully saturated rings. The number of aromatic amines is 1. The van der Waals surface area contributed by atoms with Gasteiger partial charge < -0.3 is 9.40 Å². The molecule has 27 heavy (non-hydrogen) atoms. The van der Waals surface area contributed by atoms with Crippen molar-refractivity contribution in [2.24, 2.45) is 0 Å². The van der Waals surface area contributed by atoms with Gasteiger partial charge in [0.1, 0.15) is 0 Å². The van der Waals surface area contributed by atoms with Crippen molar-refractivity contribution in [3.63, 3.8) is 0 Å². The molecule has 8 heteroatoms. The molecule has 0 saturated carbocycles. The molecule has 0 amide bonds. The molecule has 1 unspecified atom stereocenters. The second-order valence-electron chi connectivity index (χ2n) is 6.56. The maximum Gasteiger partial charge on any atom is 0.332 e. The van der Waals surface area contributed by atoms with Crippen molar-refractivity contribution in [2.75, 3.05) is 0 Å². The minimum absolute atomic E-state index is 0.153. The summed E-state index contributed by atoms with van der Waals surface area (Å²) in [6.07, 6.45) is 3.66. The maximum atomic E-state index is 13.1. The SMILES string of the molecule is CCCC(CC)n1c(=O)c2[nH]c(-c3ccc(C=O)o3)nc2n(CCC)c1=O. The summed E-state index contributed by atoms with van der Waals surface area (Å²) in [4.78, 5) is 44.4. The minimum atomic E-state index is -0.372. The lowest BCUT2D eigenvalue weighted by Gasteiger charge is -2.18. The average Bonchev–Trinajstić information content (AvgIpc) is 3.31. The van der Waals surface area contributed by atoms with E-state index in [-0.39, 0.29) is 28.6 Å². The number of aromatic nitrogens is 4. The molecular weight excluding hydrogens is 348 g/mol. The highest BCUT2D eigenvalue weighted by atomic mass is 16.3. The van der Waals surface area contributed by atoms with E-state index in [9.17, 15) is 14.4 Å². The van der Waals surface area contributed by atoms with E-state index >= 15 is 0 Å². The number of fused-ring (bicyclic) bond motifs is 1. The van der Waals surface area contributed by atoms with Crippen LogP contribution in [-0.2, 0) is 6.54 Å². The second-order valence-corrected chi connectivity index (χ2v) is 6.56. The molecule has 0 bridgehead atoms. The van der Waals surface area contributed by atoms with Gasteiger partial charge in [-0.25, -0.2) is 9.78 Å². The molecule has 8 nitrogen and oxygen atoms in total. The van der Waals surface area contributed by atoms with E-state index in [0.29, 0.717) is 36.5 Å². The molecule has 3 rings (SSSR count). The van der Waals surface area contributed by atoms with E-state index in [1.54, 1.807) is 10.6 Å². The Morgan fingerprint density at radius 1 is 1.22 bits per heavy atom. The van der Waals surface area contributed by atoms with Crippen LogP contribution in [0.3, 0.4) is 0 Å². The van der Waals surface area contributed by atoms with Gasteiger partial charge in [0.15, 0.2) is 34.8 Å². The summed E-state index contributed by atoms with van der Waals surface area (Å²) >= 11 is 0. The fourth-order valence-electron chi connectivity index (χ4n) is 3.39. The molecule has 1 N–H and O–H groups in total. The van der Waals surface area contributed by atoms with E-state index in [0.717, 1.165) is 19.3 Å². The van der Waals surface area contributed by atoms with Crippen LogP contribution in [-0.4, -0.2) is 25.4 Å². The molecule has 0 radical (unpaired) electrons. The van der Waals surface area contributed by atoms with Gasteiger partial charge in [0, 0.05) is 12.6 Å². The number of nitrogens with one attached hydrogen (secondary N) is 1. The fraction of sp³-hybridized carbons (Fsp3) is 0.474. The third-order valence-corrected chi connectivity index (χ3v) is 4.69. The van der Waals surface area contributed by atoms with E-state index in [2.05, 4.69) is 9.97 Å². The monoisotopic (exact) mass is 372 g/mol. The molecule has 0 aliphatic carbocycles. The number of hydrogen-bond acceptors (Lipinski definition) is 5. The second kappa shape index (κ2) is 7.77. The molecule has 0 aliphatic rings. The average molecular weight is 372 g/mol. The molecule has 144 valence electrons. The number of nitrogens with zero attached hydrogens (tertiary/aromatic N) is 3. The summed E-state index contributed by atoms with van der Waals surface area (Å²) < 4.78 is 8.29. The predicted octanol–water partition coefficient (Wildman–Crippen LogP) is 3.12. The van der Waals surface area contributed by atoms with Gasteiger partial charge in [-0.3, -0.25) is 18.7 Å². The van der Waals surface area contributed by atoms with Crippen LogP contribution < -0.4 is 11.2 Å². The Bertz CT molecular complexity index is 1070. The summed E-state index contributed by atoms with van der Waals surface area (Å²) in [6, 6.07) is 2.98. The largest absolute Gasteiger partial charge is 0.450 e. The Hall–Kier alpha value is -2.90. The number of hydrogen-bond donors (Lipinski definition) is 1. The standard InChI is InChI=1S/C19H24N4O4/c1-4-7-12(6-3)23-18(25)15-17(22(10-5-2)19(23)26)21-16(20-15)14-9-8-13(11-24)27-14/h8-9,11-12H,4-7,10H2,1-3H3,(H,20,21). The van der Waals surface area contributed by atoms with Crippen LogP contribution in [0.25, 0.3) is 22.7 Å². The number of H-pyrrole nitrogens is 1. The first kappa shape index (κ1) is 18.9. The first-order chi connectivity index (χ1) is 13.0. The first-order valence-corrected chi connectivity index (χ1v) is 9.36. The zero-order chi connectivity index (χ0) is 19.6. The minimum Gasteiger partial charge on any atom is -0.450 e. The van der Waals surface area contributed by atoms with Gasteiger partial charge in [0.2, 0.25) is 0 Å². The van der Waals surface area contributed by atoms with Gasteiger partial charge in [-0.05, 0) is 31.4 Å². The van der Waals surface area contributed by atoms with Crippen molar-refractivity contribution in [1.29, 1.82) is 0 Å². The Morgan fingerprint density at radius 3 is 2.59 bits per heavy atom. The number of imidazole rings is 1. The molecule has 1 atom stereocenters. The molecule has 0 aliphatic heterocycles. The highest BCUT2D eigenvalue weighted by molar-refractivity contribution is 5.76. The van der Waals surface area contributed by atoms with Crippen molar-refractivity contribution in [3.8, 4) is 11.6 Å². The lowest BCUT2D eigenvalue weighted by molar-refractivity contribution is 0.110. The normalized spacial score (nSPS) is 12.6. The zero-order valence-corrected chi connectivity index (χ0v) is 15.8.